The van der Waals surface area contributed by atoms with Crippen molar-refractivity contribution in [3.05, 3.63) is 33.1 Å². The highest BCUT2D eigenvalue weighted by atomic mass is 79.9. The Morgan fingerprint density at radius 2 is 2.19 bits per heavy atom. The smallest absolute Gasteiger partial charge is 0.245 e. The van der Waals surface area contributed by atoms with Gasteiger partial charge >= 0.3 is 0 Å². The minimum atomic E-state index is -3.72. The summed E-state index contributed by atoms with van der Waals surface area (Å²) in [6.45, 7) is 3.99. The van der Waals surface area contributed by atoms with E-state index in [2.05, 4.69) is 31.0 Å². The van der Waals surface area contributed by atoms with E-state index in [1.807, 2.05) is 5.38 Å². The molecule has 0 saturated carbocycles. The zero-order valence-electron chi connectivity index (χ0n) is 11.8. The summed E-state index contributed by atoms with van der Waals surface area (Å²) < 4.78 is 33.3. The molecule has 0 radical (unpaired) electrons. The zero-order chi connectivity index (χ0) is 15.7. The van der Waals surface area contributed by atoms with Crippen LogP contribution in [-0.2, 0) is 22.1 Å². The molecular formula is C12H16BrN3O3S2. The summed E-state index contributed by atoms with van der Waals surface area (Å²) in [6, 6.07) is 1.50. The molecule has 2 aromatic rings. The lowest BCUT2D eigenvalue weighted by Crippen LogP contribution is -2.40. The van der Waals surface area contributed by atoms with Crippen molar-refractivity contribution < 1.29 is 12.8 Å². The van der Waals surface area contributed by atoms with Crippen LogP contribution in [0.5, 0.6) is 0 Å². The quantitative estimate of drug-likeness (QED) is 0.786. The lowest BCUT2D eigenvalue weighted by Gasteiger charge is -2.23. The van der Waals surface area contributed by atoms with E-state index in [9.17, 15) is 8.42 Å². The molecule has 0 bridgehead atoms. The zero-order valence-corrected chi connectivity index (χ0v) is 15.0. The lowest BCUT2D eigenvalue weighted by molar-refractivity contribution is 0.460. The maximum atomic E-state index is 12.5. The second kappa shape index (κ2) is 6.17. The van der Waals surface area contributed by atoms with Gasteiger partial charge in [0.05, 0.1) is 12.1 Å². The molecule has 9 heteroatoms. The number of hydrogen-bond donors (Lipinski definition) is 2. The fourth-order valence-corrected chi connectivity index (χ4v) is 4.97. The monoisotopic (exact) mass is 393 g/mol. The van der Waals surface area contributed by atoms with E-state index >= 15 is 0 Å². The van der Waals surface area contributed by atoms with Gasteiger partial charge in [-0.3, -0.25) is 0 Å². The van der Waals surface area contributed by atoms with E-state index < -0.39 is 15.6 Å². The summed E-state index contributed by atoms with van der Waals surface area (Å²) in [5.41, 5.74) is -0.799. The van der Waals surface area contributed by atoms with Crippen LogP contribution in [0.3, 0.4) is 0 Å². The fraction of sp³-hybridized carbons (Fsp3) is 0.417. The Kier molecular flexibility index (Phi) is 4.89. The van der Waals surface area contributed by atoms with Gasteiger partial charge in [-0.15, -0.1) is 11.3 Å². The van der Waals surface area contributed by atoms with Crippen LogP contribution in [0, 0.1) is 0 Å². The van der Waals surface area contributed by atoms with Gasteiger partial charge in [-0.2, -0.15) is 4.72 Å². The van der Waals surface area contributed by atoms with Gasteiger partial charge in [0.1, 0.15) is 15.7 Å². The summed E-state index contributed by atoms with van der Waals surface area (Å²) >= 11 is 4.55. The summed E-state index contributed by atoms with van der Waals surface area (Å²) in [6.07, 6.45) is 1.65. The molecule has 0 aliphatic carbocycles. The molecule has 2 heterocycles. The van der Waals surface area contributed by atoms with E-state index in [0.29, 0.717) is 17.3 Å². The SMILES string of the molecule is CNCc1cc(S(=O)(=O)NC(C)(C)c2nccs2)c(Br)o1. The molecule has 0 unspecified atom stereocenters. The number of hydrogen-bond acceptors (Lipinski definition) is 6. The largest absolute Gasteiger partial charge is 0.452 e. The van der Waals surface area contributed by atoms with Crippen LogP contribution < -0.4 is 10.0 Å². The minimum absolute atomic E-state index is 0.0809. The first-order valence-electron chi connectivity index (χ1n) is 6.13. The molecule has 116 valence electrons. The standard InChI is InChI=1S/C12H16BrN3O3S2/c1-12(2,11-15-4-5-20-11)16-21(17,18)9-6-8(7-14-3)19-10(9)13/h4-6,14,16H,7H2,1-3H3. The number of sulfonamides is 1. The van der Waals surface area contributed by atoms with Crippen molar-refractivity contribution in [3.8, 4) is 0 Å². The summed E-state index contributed by atoms with van der Waals surface area (Å²) in [7, 11) is -1.97. The van der Waals surface area contributed by atoms with Crippen LogP contribution in [0.15, 0.2) is 31.6 Å². The predicted octanol–water partition coefficient (Wildman–Crippen LogP) is 2.43. The van der Waals surface area contributed by atoms with Crippen LogP contribution in [0.4, 0.5) is 0 Å². The Morgan fingerprint density at radius 1 is 1.48 bits per heavy atom. The second-order valence-corrected chi connectivity index (χ2v) is 8.21. The van der Waals surface area contributed by atoms with Crippen LogP contribution in [0.2, 0.25) is 0 Å². The molecular weight excluding hydrogens is 378 g/mol. The average Bonchev–Trinajstić information content (AvgIpc) is 2.98. The molecule has 21 heavy (non-hydrogen) atoms. The molecule has 6 nitrogen and oxygen atoms in total. The van der Waals surface area contributed by atoms with Crippen LogP contribution in [0.25, 0.3) is 0 Å². The molecule has 0 fully saturated rings. The number of nitrogens with one attached hydrogen (secondary N) is 2. The van der Waals surface area contributed by atoms with Gasteiger partial charge in [-0.05, 0) is 36.8 Å². The number of nitrogens with zero attached hydrogens (tertiary/aromatic N) is 1. The minimum Gasteiger partial charge on any atom is -0.452 e. The van der Waals surface area contributed by atoms with Crippen molar-refractivity contribution in [2.75, 3.05) is 7.05 Å². The van der Waals surface area contributed by atoms with Crippen molar-refractivity contribution in [2.24, 2.45) is 0 Å². The number of rotatable bonds is 6. The summed E-state index contributed by atoms with van der Waals surface area (Å²) in [5, 5.41) is 5.41. The molecule has 0 aliphatic heterocycles. The Morgan fingerprint density at radius 3 is 2.76 bits per heavy atom. The van der Waals surface area contributed by atoms with Crippen molar-refractivity contribution in [2.45, 2.75) is 30.8 Å². The van der Waals surface area contributed by atoms with Gasteiger partial charge in [-0.1, -0.05) is 0 Å². The number of aromatic nitrogens is 1. The van der Waals surface area contributed by atoms with E-state index in [-0.39, 0.29) is 9.56 Å². The molecule has 2 rings (SSSR count). The van der Waals surface area contributed by atoms with Crippen LogP contribution in [0.1, 0.15) is 24.6 Å². The Bertz CT molecular complexity index is 708. The van der Waals surface area contributed by atoms with Gasteiger partial charge in [0.25, 0.3) is 0 Å². The second-order valence-electron chi connectivity index (χ2n) is 4.95. The molecule has 0 atom stereocenters. The molecule has 0 spiro atoms. The number of furan rings is 1. The average molecular weight is 394 g/mol. The summed E-state index contributed by atoms with van der Waals surface area (Å²) in [5.74, 6) is 0.539. The van der Waals surface area contributed by atoms with Gasteiger partial charge < -0.3 is 9.73 Å². The van der Waals surface area contributed by atoms with Gasteiger partial charge in [0, 0.05) is 17.6 Å². The topological polar surface area (TPSA) is 84.2 Å². The first kappa shape index (κ1) is 16.6. The highest BCUT2D eigenvalue weighted by Crippen LogP contribution is 2.29. The third-order valence-corrected chi connectivity index (χ3v) is 6.31. The van der Waals surface area contributed by atoms with Crippen LogP contribution >= 0.6 is 27.3 Å². The van der Waals surface area contributed by atoms with Crippen molar-refractivity contribution in [1.82, 2.24) is 15.0 Å². The van der Waals surface area contributed by atoms with Crippen LogP contribution in [-0.4, -0.2) is 20.4 Å². The van der Waals surface area contributed by atoms with Gasteiger partial charge in [0.2, 0.25) is 10.0 Å². The Labute approximate surface area is 136 Å². The fourth-order valence-electron chi connectivity index (χ4n) is 1.81. The normalized spacial score (nSPS) is 12.8. The first-order valence-corrected chi connectivity index (χ1v) is 9.28. The molecule has 0 aromatic carbocycles. The van der Waals surface area contributed by atoms with E-state index in [4.69, 9.17) is 4.42 Å². The first-order chi connectivity index (χ1) is 9.76. The molecule has 0 saturated heterocycles. The van der Waals surface area contributed by atoms with Gasteiger partial charge in [-0.25, -0.2) is 13.4 Å². The van der Waals surface area contributed by atoms with E-state index in [1.54, 1.807) is 27.1 Å². The van der Waals surface area contributed by atoms with Crippen molar-refractivity contribution in [1.29, 1.82) is 0 Å². The third-order valence-electron chi connectivity index (χ3n) is 2.70. The molecule has 0 aliphatic rings. The predicted molar refractivity (Wildman–Crippen MR) is 84.6 cm³/mol. The number of halogens is 1. The molecule has 0 amide bonds. The van der Waals surface area contributed by atoms with Gasteiger partial charge in [0.15, 0.2) is 4.67 Å². The summed E-state index contributed by atoms with van der Waals surface area (Å²) in [4.78, 5) is 4.25. The maximum Gasteiger partial charge on any atom is 0.245 e. The Balaban J connectivity index is 2.30. The third kappa shape index (κ3) is 3.72. The van der Waals surface area contributed by atoms with Crippen molar-refractivity contribution >= 4 is 37.3 Å². The van der Waals surface area contributed by atoms with Crippen molar-refractivity contribution in [3.63, 3.8) is 0 Å². The Hall–Kier alpha value is -0.740. The lowest BCUT2D eigenvalue weighted by atomic mass is 10.1. The molecule has 2 aromatic heterocycles. The highest BCUT2D eigenvalue weighted by molar-refractivity contribution is 9.10. The number of thiazole rings is 1. The highest BCUT2D eigenvalue weighted by Gasteiger charge is 2.32. The van der Waals surface area contributed by atoms with E-state index in [1.165, 1.54) is 17.4 Å². The maximum absolute atomic E-state index is 12.5. The van der Waals surface area contributed by atoms with E-state index in [0.717, 1.165) is 0 Å². The molecule has 2 N–H and O–H groups in total.